The first kappa shape index (κ1) is 24.1. The van der Waals surface area contributed by atoms with Crippen molar-refractivity contribution in [3.8, 4) is 0 Å². The van der Waals surface area contributed by atoms with Gasteiger partial charge in [0.15, 0.2) is 0 Å². The predicted octanol–water partition coefficient (Wildman–Crippen LogP) is 4.44. The minimum Gasteiger partial charge on any atom is -0.388 e. The van der Waals surface area contributed by atoms with Crippen molar-refractivity contribution in [2.24, 2.45) is 0 Å². The molecule has 0 aliphatic heterocycles. The van der Waals surface area contributed by atoms with E-state index in [4.69, 9.17) is 4.18 Å². The van der Waals surface area contributed by atoms with Gasteiger partial charge >= 0.3 is 0 Å². The van der Waals surface area contributed by atoms with E-state index in [0.717, 1.165) is 31.2 Å². The Bertz CT molecular complexity index is 639. The van der Waals surface area contributed by atoms with Crippen LogP contribution in [0.3, 0.4) is 0 Å². The molecule has 1 aromatic carbocycles. The Balaban J connectivity index is 2.72. The van der Waals surface area contributed by atoms with E-state index in [-0.39, 0.29) is 13.0 Å². The number of rotatable bonds is 13. The summed E-state index contributed by atoms with van der Waals surface area (Å²) in [4.78, 5) is 1.64. The molecule has 0 saturated heterocycles. The first-order valence-corrected chi connectivity index (χ1v) is 11.6. The fourth-order valence-corrected chi connectivity index (χ4v) is 4.95. The summed E-state index contributed by atoms with van der Waals surface area (Å²) in [6.07, 6.45) is 4.51. The molecule has 0 bridgehead atoms. The second-order valence-electron chi connectivity index (χ2n) is 7.39. The molecule has 2 unspecified atom stereocenters. The van der Waals surface area contributed by atoms with E-state index in [2.05, 4.69) is 26.0 Å². The molecular formula is C21H37NO4S. The van der Waals surface area contributed by atoms with Crippen LogP contribution >= 0.6 is 0 Å². The Morgan fingerprint density at radius 3 is 2.15 bits per heavy atom. The first-order valence-electron chi connectivity index (χ1n) is 10.1. The smallest absolute Gasteiger partial charge is 0.283 e. The van der Waals surface area contributed by atoms with Gasteiger partial charge in [-0.15, -0.1) is 0 Å². The topological polar surface area (TPSA) is 66.8 Å². The number of aliphatic hydroxyl groups excluding tert-OH is 1. The summed E-state index contributed by atoms with van der Waals surface area (Å²) in [6, 6.07) is 8.05. The monoisotopic (exact) mass is 399 g/mol. The Morgan fingerprint density at radius 2 is 1.63 bits per heavy atom. The quantitative estimate of drug-likeness (QED) is 0.497. The molecule has 5 nitrogen and oxygen atoms in total. The summed E-state index contributed by atoms with van der Waals surface area (Å²) in [6.45, 7) is 6.17. The molecule has 6 heteroatoms. The van der Waals surface area contributed by atoms with Gasteiger partial charge in [0.05, 0.1) is 12.7 Å². The van der Waals surface area contributed by atoms with Crippen LogP contribution in [-0.4, -0.2) is 44.5 Å². The van der Waals surface area contributed by atoms with Crippen LogP contribution in [0.25, 0.3) is 0 Å². The highest BCUT2D eigenvalue weighted by Gasteiger charge is 2.27. The number of hydrogen-bond donors (Lipinski definition) is 1. The molecule has 0 radical (unpaired) electrons. The molecule has 0 aliphatic carbocycles. The molecule has 0 spiro atoms. The number of benzene rings is 1. The maximum Gasteiger partial charge on any atom is 0.283 e. The van der Waals surface area contributed by atoms with E-state index >= 15 is 0 Å². The van der Waals surface area contributed by atoms with Crippen LogP contribution < -0.4 is 0 Å². The molecule has 0 aliphatic rings. The SMILES string of the molecule is CCCC(CCC)c1cccc(C(O)CCOS(=O)(=O)C(CC)N(C)C)c1. The Hall–Kier alpha value is -0.950. The molecule has 0 saturated carbocycles. The summed E-state index contributed by atoms with van der Waals surface area (Å²) >= 11 is 0. The van der Waals surface area contributed by atoms with Gasteiger partial charge in [0.25, 0.3) is 10.1 Å². The van der Waals surface area contributed by atoms with E-state index in [0.29, 0.717) is 12.3 Å². The van der Waals surface area contributed by atoms with Crippen LogP contribution in [0.5, 0.6) is 0 Å². The molecular weight excluding hydrogens is 362 g/mol. The molecule has 0 fully saturated rings. The third-order valence-electron chi connectivity index (χ3n) is 4.94. The van der Waals surface area contributed by atoms with Crippen molar-refractivity contribution in [3.05, 3.63) is 35.4 Å². The van der Waals surface area contributed by atoms with Crippen molar-refractivity contribution < 1.29 is 17.7 Å². The van der Waals surface area contributed by atoms with Crippen LogP contribution in [0.1, 0.15) is 82.4 Å². The zero-order chi connectivity index (χ0) is 20.4. The number of nitrogens with zero attached hydrogens (tertiary/aromatic N) is 1. The highest BCUT2D eigenvalue weighted by Crippen LogP contribution is 2.29. The average molecular weight is 400 g/mol. The van der Waals surface area contributed by atoms with Crippen LogP contribution in [0, 0.1) is 0 Å². The molecule has 0 heterocycles. The zero-order valence-corrected chi connectivity index (χ0v) is 18.3. The van der Waals surface area contributed by atoms with Crippen molar-refractivity contribution in [1.82, 2.24) is 4.90 Å². The minimum atomic E-state index is -3.67. The van der Waals surface area contributed by atoms with Crippen molar-refractivity contribution >= 4 is 10.1 Å². The largest absolute Gasteiger partial charge is 0.388 e. The van der Waals surface area contributed by atoms with Crippen molar-refractivity contribution in [2.45, 2.75) is 76.7 Å². The average Bonchev–Trinajstić information content (AvgIpc) is 2.61. The molecule has 1 rings (SSSR count). The van der Waals surface area contributed by atoms with Gasteiger partial charge in [-0.25, -0.2) is 0 Å². The lowest BCUT2D eigenvalue weighted by Crippen LogP contribution is -2.36. The third kappa shape index (κ3) is 7.53. The molecule has 0 aromatic heterocycles. The van der Waals surface area contributed by atoms with Gasteiger partial charge in [0, 0.05) is 6.42 Å². The highest BCUT2D eigenvalue weighted by atomic mass is 32.2. The molecule has 1 N–H and O–H groups in total. The van der Waals surface area contributed by atoms with Gasteiger partial charge in [-0.05, 0) is 50.4 Å². The van der Waals surface area contributed by atoms with E-state index in [1.54, 1.807) is 19.0 Å². The molecule has 0 amide bonds. The molecule has 156 valence electrons. The second kappa shape index (κ2) is 11.8. The van der Waals surface area contributed by atoms with Gasteiger partial charge in [-0.3, -0.25) is 9.08 Å². The maximum absolute atomic E-state index is 12.3. The van der Waals surface area contributed by atoms with Crippen LogP contribution in [0.4, 0.5) is 0 Å². The predicted molar refractivity (Wildman–Crippen MR) is 111 cm³/mol. The summed E-state index contributed by atoms with van der Waals surface area (Å²) < 4.78 is 29.7. The standard InChI is InChI=1S/C21H37NO4S/c1-6-10-17(11-7-2)18-12-9-13-19(16-18)20(23)14-15-26-27(24,25)21(8-3)22(4)5/h9,12-13,16-17,20-21,23H,6-8,10-11,14-15H2,1-5H3. The highest BCUT2D eigenvalue weighted by molar-refractivity contribution is 7.87. The summed E-state index contributed by atoms with van der Waals surface area (Å²) in [5.41, 5.74) is 2.08. The molecule has 27 heavy (non-hydrogen) atoms. The fraction of sp³-hybridized carbons (Fsp3) is 0.714. The van der Waals surface area contributed by atoms with Gasteiger partial charge < -0.3 is 5.11 Å². The first-order chi connectivity index (χ1) is 12.8. The lowest BCUT2D eigenvalue weighted by molar-refractivity contribution is 0.140. The van der Waals surface area contributed by atoms with Crippen LogP contribution in [0.15, 0.2) is 24.3 Å². The Kier molecular flexibility index (Phi) is 10.5. The van der Waals surface area contributed by atoms with Crippen molar-refractivity contribution in [3.63, 3.8) is 0 Å². The lowest BCUT2D eigenvalue weighted by Gasteiger charge is -2.22. The number of aliphatic hydroxyl groups is 1. The fourth-order valence-electron chi connectivity index (χ4n) is 3.54. The summed E-state index contributed by atoms with van der Waals surface area (Å²) in [7, 11) is -0.230. The van der Waals surface area contributed by atoms with Gasteiger partial charge in [-0.1, -0.05) is 57.9 Å². The molecule has 1 aromatic rings. The second-order valence-corrected chi connectivity index (χ2v) is 9.16. The van der Waals surface area contributed by atoms with Crippen molar-refractivity contribution in [2.75, 3.05) is 20.7 Å². The zero-order valence-electron chi connectivity index (χ0n) is 17.5. The van der Waals surface area contributed by atoms with E-state index in [1.807, 2.05) is 19.1 Å². The summed E-state index contributed by atoms with van der Waals surface area (Å²) in [5, 5.41) is 9.84. The summed E-state index contributed by atoms with van der Waals surface area (Å²) in [5.74, 6) is 0.509. The van der Waals surface area contributed by atoms with Crippen LogP contribution in [-0.2, 0) is 14.3 Å². The van der Waals surface area contributed by atoms with Crippen LogP contribution in [0.2, 0.25) is 0 Å². The van der Waals surface area contributed by atoms with E-state index < -0.39 is 21.6 Å². The normalized spacial score (nSPS) is 14.7. The third-order valence-corrected chi connectivity index (χ3v) is 6.86. The van der Waals surface area contributed by atoms with Gasteiger partial charge in [-0.2, -0.15) is 8.42 Å². The molecule has 2 atom stereocenters. The van der Waals surface area contributed by atoms with Gasteiger partial charge in [0.1, 0.15) is 5.37 Å². The maximum atomic E-state index is 12.3. The van der Waals surface area contributed by atoms with E-state index in [9.17, 15) is 13.5 Å². The Morgan fingerprint density at radius 1 is 1.04 bits per heavy atom. The van der Waals surface area contributed by atoms with Crippen molar-refractivity contribution in [1.29, 1.82) is 0 Å². The lowest BCUT2D eigenvalue weighted by atomic mass is 9.89. The number of hydrogen-bond acceptors (Lipinski definition) is 5. The Labute approximate surface area is 165 Å². The van der Waals surface area contributed by atoms with Gasteiger partial charge in [0.2, 0.25) is 0 Å². The van der Waals surface area contributed by atoms with E-state index in [1.165, 1.54) is 5.56 Å². The minimum absolute atomic E-state index is 0.0224.